The minimum absolute atomic E-state index is 0.150. The first-order valence-electron chi connectivity index (χ1n) is 21.2. The van der Waals surface area contributed by atoms with Gasteiger partial charge in [0.1, 0.15) is 17.1 Å². The molecule has 0 radical (unpaired) electrons. The molecule has 0 aliphatic carbocycles. The van der Waals surface area contributed by atoms with Crippen molar-refractivity contribution in [3.05, 3.63) is 194 Å². The number of thiazole rings is 1. The Morgan fingerprint density at radius 2 is 1.09 bits per heavy atom. The van der Waals surface area contributed by atoms with Gasteiger partial charge in [-0.05, 0) is 59.2 Å². The Morgan fingerprint density at radius 1 is 0.667 bits per heavy atom. The Kier molecular flexibility index (Phi) is 16.5. The van der Waals surface area contributed by atoms with E-state index in [0.29, 0.717) is 33.0 Å². The van der Waals surface area contributed by atoms with Gasteiger partial charge in [0, 0.05) is 54.2 Å². The molecule has 0 aliphatic rings. The van der Waals surface area contributed by atoms with Crippen molar-refractivity contribution in [3.63, 3.8) is 0 Å². The number of carbonyl (C=O) groups is 2. The predicted molar refractivity (Wildman–Crippen MR) is 242 cm³/mol. The number of aromatic nitrogens is 1. The van der Waals surface area contributed by atoms with Crippen LogP contribution in [0.2, 0.25) is 0 Å². The molecule has 1 aromatic heterocycles. The zero-order chi connectivity index (χ0) is 47.6. The SMILES string of the molecule is Cc1csc(CN(C)C(=O)c2c(C(Cc3ccccc3)C(O)C(NCc3ccccc3)C(F)(F)F)ccc(C(N)=O)c2C(Cc2ccccc2)C(O)C(NCc2ccccc2)C(F)(F)F)n1. The number of hydrogen-bond donors (Lipinski definition) is 5. The zero-order valence-electron chi connectivity index (χ0n) is 36.1. The van der Waals surface area contributed by atoms with Crippen LogP contribution in [0.1, 0.15) is 76.6 Å². The maximum absolute atomic E-state index is 15.4. The first kappa shape index (κ1) is 49.5. The molecule has 6 N–H and O–H groups in total. The summed E-state index contributed by atoms with van der Waals surface area (Å²) < 4.78 is 92.2. The highest BCUT2D eigenvalue weighted by molar-refractivity contribution is 7.09. The Balaban J connectivity index is 1.62. The number of amides is 2. The first-order chi connectivity index (χ1) is 31.4. The van der Waals surface area contributed by atoms with Crippen LogP contribution in [-0.2, 0) is 32.5 Å². The third-order valence-corrected chi connectivity index (χ3v) is 12.4. The smallest absolute Gasteiger partial charge is 0.390 e. The van der Waals surface area contributed by atoms with Gasteiger partial charge in [-0.3, -0.25) is 20.2 Å². The molecular weight excluding hydrogens is 881 g/mol. The fourth-order valence-corrected chi connectivity index (χ4v) is 9.07. The van der Waals surface area contributed by atoms with Crippen molar-refractivity contribution in [1.82, 2.24) is 20.5 Å². The van der Waals surface area contributed by atoms with Crippen LogP contribution in [-0.4, -0.2) is 75.6 Å². The molecule has 0 spiro atoms. The number of halogens is 6. The number of nitrogens with two attached hydrogens (primary N) is 1. The molecule has 9 nitrogen and oxygen atoms in total. The fraction of sp³-hybridized carbons (Fsp3) is 0.300. The summed E-state index contributed by atoms with van der Waals surface area (Å²) in [7, 11) is 1.38. The highest BCUT2D eigenvalue weighted by Gasteiger charge is 2.50. The van der Waals surface area contributed by atoms with Gasteiger partial charge in [0.05, 0.1) is 18.8 Å². The second kappa shape index (κ2) is 22.1. The van der Waals surface area contributed by atoms with Gasteiger partial charge in [-0.1, -0.05) is 127 Å². The molecular formula is C50H51F6N5O4S. The molecule has 0 fully saturated rings. The highest BCUT2D eigenvalue weighted by Crippen LogP contribution is 2.42. The average molecular weight is 932 g/mol. The Bertz CT molecular complexity index is 2490. The number of carbonyl (C=O) groups excluding carboxylic acids is 2. The third kappa shape index (κ3) is 12.7. The maximum atomic E-state index is 15.4. The Hall–Kier alpha value is -5.91. The summed E-state index contributed by atoms with van der Waals surface area (Å²) in [5.74, 6) is -5.47. The Labute approximate surface area is 383 Å². The molecule has 6 atom stereocenters. The van der Waals surface area contributed by atoms with Crippen molar-refractivity contribution >= 4 is 23.2 Å². The maximum Gasteiger partial charge on any atom is 0.406 e. The van der Waals surface area contributed by atoms with Gasteiger partial charge in [0.25, 0.3) is 5.91 Å². The van der Waals surface area contributed by atoms with Gasteiger partial charge in [0.15, 0.2) is 0 Å². The number of alkyl halides is 6. The fourth-order valence-electron chi connectivity index (χ4n) is 8.24. The number of benzene rings is 5. The number of aliphatic hydroxyl groups excluding tert-OH is 2. The summed E-state index contributed by atoms with van der Waals surface area (Å²) in [6, 6.07) is 29.9. The van der Waals surface area contributed by atoms with Gasteiger partial charge in [0.2, 0.25) is 5.91 Å². The van der Waals surface area contributed by atoms with Gasteiger partial charge < -0.3 is 20.8 Å². The standard InChI is InChI=1S/C50H51F6N5O4S/c1-31-30-66-40(60-31)29-61(2)48(65)42-36(38(25-32-15-7-3-8-16-32)43(62)45(49(51,52)53)58-27-34-19-11-5-12-20-34)23-24-37(47(57)64)41(42)39(26-33-17-9-4-10-18-33)44(63)46(50(54,55)56)59-28-35-21-13-6-14-22-35/h3-24,30,38-39,43-46,58-59,62-63H,25-29H2,1-2H3,(H2,57,64). The molecule has 5 aromatic carbocycles. The van der Waals surface area contributed by atoms with Crippen LogP contribution < -0.4 is 16.4 Å². The summed E-state index contributed by atoms with van der Waals surface area (Å²) in [6.45, 7) is 0.937. The van der Waals surface area contributed by atoms with E-state index < -0.39 is 83.4 Å². The van der Waals surface area contributed by atoms with Crippen LogP contribution in [0.25, 0.3) is 0 Å². The lowest BCUT2D eigenvalue weighted by Crippen LogP contribution is -2.53. The van der Waals surface area contributed by atoms with E-state index in [-0.39, 0.29) is 31.6 Å². The summed E-state index contributed by atoms with van der Waals surface area (Å²) in [5.41, 5.74) is 6.94. The molecule has 6 unspecified atom stereocenters. The van der Waals surface area contributed by atoms with E-state index in [4.69, 9.17) is 5.73 Å². The molecule has 0 saturated heterocycles. The zero-order valence-corrected chi connectivity index (χ0v) is 37.0. The van der Waals surface area contributed by atoms with E-state index >= 15 is 31.1 Å². The summed E-state index contributed by atoms with van der Waals surface area (Å²) in [4.78, 5) is 34.7. The molecule has 0 aliphatic heterocycles. The monoisotopic (exact) mass is 931 g/mol. The van der Waals surface area contributed by atoms with E-state index in [9.17, 15) is 15.0 Å². The molecule has 1 heterocycles. The van der Waals surface area contributed by atoms with Gasteiger partial charge >= 0.3 is 12.4 Å². The third-order valence-electron chi connectivity index (χ3n) is 11.5. The van der Waals surface area contributed by atoms with Crippen molar-refractivity contribution < 1.29 is 46.1 Å². The van der Waals surface area contributed by atoms with Crippen molar-refractivity contribution in [2.75, 3.05) is 7.05 Å². The van der Waals surface area contributed by atoms with Crippen LogP contribution in [0, 0.1) is 6.92 Å². The lowest BCUT2D eigenvalue weighted by Gasteiger charge is -2.37. The quantitative estimate of drug-likeness (QED) is 0.0483. The summed E-state index contributed by atoms with van der Waals surface area (Å²) in [5, 5.41) is 31.8. The number of aliphatic hydroxyl groups is 2. The summed E-state index contributed by atoms with van der Waals surface area (Å²) >= 11 is 1.23. The normalized spacial score (nSPS) is 14.8. The van der Waals surface area contributed by atoms with Crippen molar-refractivity contribution in [2.45, 2.75) is 87.9 Å². The highest BCUT2D eigenvalue weighted by atomic mass is 32.1. The average Bonchev–Trinajstić information content (AvgIpc) is 3.70. The van der Waals surface area contributed by atoms with Crippen molar-refractivity contribution in [1.29, 1.82) is 0 Å². The second-order valence-electron chi connectivity index (χ2n) is 16.2. The van der Waals surface area contributed by atoms with Crippen molar-refractivity contribution in [2.24, 2.45) is 5.73 Å². The van der Waals surface area contributed by atoms with Crippen LogP contribution >= 0.6 is 11.3 Å². The number of nitrogens with zero attached hydrogens (tertiary/aromatic N) is 2. The molecule has 66 heavy (non-hydrogen) atoms. The topological polar surface area (TPSA) is 141 Å². The van der Waals surface area contributed by atoms with Crippen LogP contribution in [0.3, 0.4) is 0 Å². The molecule has 0 saturated carbocycles. The molecule has 348 valence electrons. The molecule has 2 amide bonds. The molecule has 6 aromatic rings. The van der Waals surface area contributed by atoms with Crippen LogP contribution in [0.15, 0.2) is 139 Å². The van der Waals surface area contributed by atoms with Crippen molar-refractivity contribution in [3.8, 4) is 0 Å². The molecule has 6 rings (SSSR count). The molecule has 16 heteroatoms. The number of primary amides is 1. The minimum atomic E-state index is -5.12. The van der Waals surface area contributed by atoms with E-state index in [0.717, 1.165) is 6.07 Å². The van der Waals surface area contributed by atoms with Gasteiger partial charge in [-0.25, -0.2) is 4.98 Å². The largest absolute Gasteiger partial charge is 0.406 e. The van der Waals surface area contributed by atoms with E-state index in [1.807, 2.05) is 0 Å². The minimum Gasteiger partial charge on any atom is -0.390 e. The first-order valence-corrected chi connectivity index (χ1v) is 22.0. The Morgan fingerprint density at radius 3 is 1.50 bits per heavy atom. The lowest BCUT2D eigenvalue weighted by atomic mass is 9.74. The van der Waals surface area contributed by atoms with E-state index in [2.05, 4.69) is 15.6 Å². The van der Waals surface area contributed by atoms with E-state index in [1.165, 1.54) is 29.4 Å². The number of aryl methyl sites for hydroxylation is 1. The summed E-state index contributed by atoms with van der Waals surface area (Å²) in [6.07, 6.45) is -15.7. The number of rotatable bonds is 20. The van der Waals surface area contributed by atoms with Gasteiger partial charge in [-0.2, -0.15) is 26.3 Å². The van der Waals surface area contributed by atoms with Crippen LogP contribution in [0.4, 0.5) is 26.3 Å². The molecule has 0 bridgehead atoms. The number of nitrogens with one attached hydrogen (secondary N) is 2. The second-order valence-corrected chi connectivity index (χ2v) is 17.2. The van der Waals surface area contributed by atoms with Gasteiger partial charge in [-0.15, -0.1) is 11.3 Å². The number of hydrogen-bond acceptors (Lipinski definition) is 8. The predicted octanol–water partition coefficient (Wildman–Crippen LogP) is 8.64. The lowest BCUT2D eigenvalue weighted by molar-refractivity contribution is -0.181. The van der Waals surface area contributed by atoms with Crippen LogP contribution in [0.5, 0.6) is 0 Å². The van der Waals surface area contributed by atoms with E-state index in [1.54, 1.807) is 134 Å².